The zero-order valence-electron chi connectivity index (χ0n) is 18.4. The van der Waals surface area contributed by atoms with E-state index >= 15 is 0 Å². The fourth-order valence-corrected chi connectivity index (χ4v) is 3.30. The third-order valence-corrected chi connectivity index (χ3v) is 4.90. The first-order valence-corrected chi connectivity index (χ1v) is 10.6. The van der Waals surface area contributed by atoms with Gasteiger partial charge < -0.3 is 19.9 Å². The molecule has 1 fully saturated rings. The minimum absolute atomic E-state index is 0.139. The average molecular weight is 488 g/mol. The predicted molar refractivity (Wildman–Crippen MR) is 124 cm³/mol. The van der Waals surface area contributed by atoms with Gasteiger partial charge in [-0.2, -0.15) is 0 Å². The molecule has 1 aliphatic heterocycles. The van der Waals surface area contributed by atoms with Crippen LogP contribution in [0, 0.1) is 0 Å². The lowest BCUT2D eigenvalue weighted by atomic mass is 10.1. The molecular weight excluding hydrogens is 466 g/mol. The summed E-state index contributed by atoms with van der Waals surface area (Å²) in [5.74, 6) is -1.37. The van der Waals surface area contributed by atoms with E-state index in [1.165, 1.54) is 43.5 Å². The highest BCUT2D eigenvalue weighted by Crippen LogP contribution is 2.34. The van der Waals surface area contributed by atoms with E-state index in [1.807, 2.05) is 6.92 Å². The standard InChI is InChI=1S/C23H22ClN3O7/c1-3-8-33-18-7-5-14(11-19(18)32-2)27-22(30)15(21(29)26-23(27)31)9-13-4-6-17(16(24)10-13)34-12-20(25)28/h4-7,9-11H,3,8,12H2,1-2H3,(H2,25,28)(H,26,29,31)/b15-9+. The molecule has 1 saturated heterocycles. The largest absolute Gasteiger partial charge is 0.493 e. The second-order valence-electron chi connectivity index (χ2n) is 7.09. The molecule has 0 radical (unpaired) electrons. The summed E-state index contributed by atoms with van der Waals surface area (Å²) in [6, 6.07) is 8.09. The second-order valence-corrected chi connectivity index (χ2v) is 7.49. The number of urea groups is 1. The van der Waals surface area contributed by atoms with Gasteiger partial charge in [0.15, 0.2) is 18.1 Å². The molecule has 10 nitrogen and oxygen atoms in total. The lowest BCUT2D eigenvalue weighted by Crippen LogP contribution is -2.54. The van der Waals surface area contributed by atoms with Gasteiger partial charge in [0, 0.05) is 6.07 Å². The number of carbonyl (C=O) groups excluding carboxylic acids is 4. The van der Waals surface area contributed by atoms with Crippen LogP contribution in [0.5, 0.6) is 17.2 Å². The Morgan fingerprint density at radius 1 is 1.09 bits per heavy atom. The van der Waals surface area contributed by atoms with Gasteiger partial charge in [-0.25, -0.2) is 9.69 Å². The molecule has 0 bridgehead atoms. The molecule has 2 aromatic rings. The topological polar surface area (TPSA) is 137 Å². The number of amides is 5. The van der Waals surface area contributed by atoms with Crippen LogP contribution in [0.2, 0.25) is 5.02 Å². The molecule has 0 spiro atoms. The number of methoxy groups -OCH3 is 1. The first-order chi connectivity index (χ1) is 16.2. The molecule has 1 aliphatic rings. The van der Waals surface area contributed by atoms with Crippen molar-refractivity contribution in [2.75, 3.05) is 25.2 Å². The first kappa shape index (κ1) is 24.6. The molecule has 0 unspecified atom stereocenters. The van der Waals surface area contributed by atoms with E-state index in [0.29, 0.717) is 23.7 Å². The minimum atomic E-state index is -0.898. The Hall–Kier alpha value is -4.05. The Kier molecular flexibility index (Phi) is 7.75. The Morgan fingerprint density at radius 2 is 1.82 bits per heavy atom. The van der Waals surface area contributed by atoms with E-state index in [4.69, 9.17) is 31.5 Å². The second kappa shape index (κ2) is 10.7. The van der Waals surface area contributed by atoms with Gasteiger partial charge in [0.2, 0.25) is 0 Å². The van der Waals surface area contributed by atoms with Crippen LogP contribution in [0.25, 0.3) is 6.08 Å². The van der Waals surface area contributed by atoms with Gasteiger partial charge in [0.05, 0.1) is 24.4 Å². The van der Waals surface area contributed by atoms with Gasteiger partial charge >= 0.3 is 6.03 Å². The van der Waals surface area contributed by atoms with Gasteiger partial charge in [0.1, 0.15) is 11.3 Å². The molecule has 3 rings (SSSR count). The highest BCUT2D eigenvalue weighted by atomic mass is 35.5. The quantitative estimate of drug-likeness (QED) is 0.409. The van der Waals surface area contributed by atoms with Gasteiger partial charge in [-0.3, -0.25) is 19.7 Å². The number of hydrogen-bond donors (Lipinski definition) is 2. The molecule has 2 aromatic carbocycles. The molecule has 0 aliphatic carbocycles. The predicted octanol–water partition coefficient (Wildman–Crippen LogP) is 2.67. The maximum Gasteiger partial charge on any atom is 0.335 e. The minimum Gasteiger partial charge on any atom is -0.493 e. The Balaban J connectivity index is 1.91. The number of nitrogens with one attached hydrogen (secondary N) is 1. The number of carbonyl (C=O) groups is 4. The molecule has 0 atom stereocenters. The molecule has 0 aromatic heterocycles. The monoisotopic (exact) mass is 487 g/mol. The average Bonchev–Trinajstić information content (AvgIpc) is 2.79. The molecule has 0 saturated carbocycles. The summed E-state index contributed by atoms with van der Waals surface area (Å²) in [7, 11) is 1.44. The summed E-state index contributed by atoms with van der Waals surface area (Å²) >= 11 is 6.15. The summed E-state index contributed by atoms with van der Waals surface area (Å²) in [4.78, 5) is 49.8. The number of anilines is 1. The van der Waals surface area contributed by atoms with Crippen LogP contribution in [0.1, 0.15) is 18.9 Å². The number of halogens is 1. The smallest absolute Gasteiger partial charge is 0.335 e. The number of primary amides is 1. The number of barbiturate groups is 1. The first-order valence-electron chi connectivity index (χ1n) is 10.2. The zero-order chi connectivity index (χ0) is 24.8. The highest BCUT2D eigenvalue weighted by Gasteiger charge is 2.37. The van der Waals surface area contributed by atoms with Gasteiger partial charge in [0.25, 0.3) is 17.7 Å². The summed E-state index contributed by atoms with van der Waals surface area (Å²) in [6.45, 7) is 2.07. The lowest BCUT2D eigenvalue weighted by molar-refractivity contribution is -0.123. The third-order valence-electron chi connectivity index (χ3n) is 4.61. The van der Waals surface area contributed by atoms with Crippen molar-refractivity contribution in [3.63, 3.8) is 0 Å². The Labute approximate surface area is 200 Å². The van der Waals surface area contributed by atoms with Crippen molar-refractivity contribution in [3.05, 3.63) is 52.6 Å². The third kappa shape index (κ3) is 5.46. The summed E-state index contributed by atoms with van der Waals surface area (Å²) in [5.41, 5.74) is 5.35. The number of ether oxygens (including phenoxy) is 3. The maximum absolute atomic E-state index is 13.1. The highest BCUT2D eigenvalue weighted by molar-refractivity contribution is 6.39. The molecular formula is C23H22ClN3O7. The lowest BCUT2D eigenvalue weighted by Gasteiger charge is -2.27. The molecule has 5 amide bonds. The van der Waals surface area contributed by atoms with Crippen LogP contribution in [0.3, 0.4) is 0 Å². The normalized spacial score (nSPS) is 14.7. The summed E-state index contributed by atoms with van der Waals surface area (Å²) in [6.07, 6.45) is 2.08. The fraction of sp³-hybridized carbons (Fsp3) is 0.217. The van der Waals surface area contributed by atoms with E-state index in [9.17, 15) is 19.2 Å². The number of imide groups is 2. The van der Waals surface area contributed by atoms with Crippen molar-refractivity contribution < 1.29 is 33.4 Å². The molecule has 178 valence electrons. The SMILES string of the molecule is CCCOc1ccc(N2C(=O)NC(=O)/C(=C\c3ccc(OCC(N)=O)c(Cl)c3)C2=O)cc1OC. The van der Waals surface area contributed by atoms with Crippen LogP contribution in [-0.4, -0.2) is 44.1 Å². The molecule has 11 heteroatoms. The van der Waals surface area contributed by atoms with E-state index < -0.39 is 23.8 Å². The molecule has 3 N–H and O–H groups in total. The number of nitrogens with zero attached hydrogens (tertiary/aromatic N) is 1. The van der Waals surface area contributed by atoms with E-state index in [2.05, 4.69) is 5.32 Å². The van der Waals surface area contributed by atoms with Gasteiger partial charge in [-0.1, -0.05) is 24.6 Å². The number of benzene rings is 2. The van der Waals surface area contributed by atoms with Crippen molar-refractivity contribution in [2.24, 2.45) is 5.73 Å². The van der Waals surface area contributed by atoms with E-state index in [1.54, 1.807) is 6.07 Å². The molecule has 34 heavy (non-hydrogen) atoms. The van der Waals surface area contributed by atoms with Crippen LogP contribution in [0.15, 0.2) is 42.0 Å². The maximum atomic E-state index is 13.1. The number of nitrogens with two attached hydrogens (primary N) is 1. The van der Waals surface area contributed by atoms with Crippen molar-refractivity contribution in [2.45, 2.75) is 13.3 Å². The summed E-state index contributed by atoms with van der Waals surface area (Å²) in [5, 5.41) is 2.29. The van der Waals surface area contributed by atoms with Crippen molar-refractivity contribution >= 4 is 47.1 Å². The van der Waals surface area contributed by atoms with Crippen LogP contribution < -0.4 is 30.2 Å². The molecule has 1 heterocycles. The van der Waals surface area contributed by atoms with E-state index in [0.717, 1.165) is 11.3 Å². The van der Waals surface area contributed by atoms with Crippen molar-refractivity contribution in [1.29, 1.82) is 0 Å². The van der Waals surface area contributed by atoms with Crippen molar-refractivity contribution in [3.8, 4) is 17.2 Å². The Morgan fingerprint density at radius 3 is 2.47 bits per heavy atom. The van der Waals surface area contributed by atoms with Crippen molar-refractivity contribution in [1.82, 2.24) is 5.32 Å². The van der Waals surface area contributed by atoms with Gasteiger partial charge in [-0.05, 0) is 42.3 Å². The number of hydrogen-bond acceptors (Lipinski definition) is 7. The zero-order valence-corrected chi connectivity index (χ0v) is 19.2. The summed E-state index contributed by atoms with van der Waals surface area (Å²) < 4.78 is 16.1. The van der Waals surface area contributed by atoms with Crippen LogP contribution >= 0.6 is 11.6 Å². The fourth-order valence-electron chi connectivity index (χ4n) is 3.06. The number of rotatable bonds is 9. The van der Waals surface area contributed by atoms with Gasteiger partial charge in [-0.15, -0.1) is 0 Å². The van der Waals surface area contributed by atoms with E-state index in [-0.39, 0.29) is 28.6 Å². The van der Waals surface area contributed by atoms with Crippen LogP contribution in [-0.2, 0) is 14.4 Å². The Bertz CT molecular complexity index is 1180. The van der Waals surface area contributed by atoms with Crippen LogP contribution in [0.4, 0.5) is 10.5 Å².